The van der Waals surface area contributed by atoms with Gasteiger partial charge in [0.25, 0.3) is 0 Å². The van der Waals surface area contributed by atoms with E-state index < -0.39 is 0 Å². The van der Waals surface area contributed by atoms with E-state index in [1.165, 1.54) is 6.42 Å². The lowest BCUT2D eigenvalue weighted by atomic mass is 10.00. The number of nitrogens with zero attached hydrogens (tertiary/aromatic N) is 2. The number of piperidine rings is 1. The Bertz CT molecular complexity index is 683. The minimum atomic E-state index is 0. The first-order valence-corrected chi connectivity index (χ1v) is 9.84. The highest BCUT2D eigenvalue weighted by Crippen LogP contribution is 2.32. The van der Waals surface area contributed by atoms with Crippen LogP contribution in [-0.2, 0) is 11.3 Å². The van der Waals surface area contributed by atoms with E-state index in [9.17, 15) is 4.79 Å². The summed E-state index contributed by atoms with van der Waals surface area (Å²) in [4.78, 5) is 19.0. The van der Waals surface area contributed by atoms with E-state index in [1.807, 2.05) is 30.0 Å². The zero-order valence-electron chi connectivity index (χ0n) is 16.7. The van der Waals surface area contributed by atoms with Crippen molar-refractivity contribution in [2.45, 2.75) is 39.7 Å². The molecule has 0 saturated carbocycles. The van der Waals surface area contributed by atoms with Gasteiger partial charge in [0.05, 0.1) is 6.54 Å². The van der Waals surface area contributed by atoms with Gasteiger partial charge in [-0.15, -0.1) is 24.0 Å². The first kappa shape index (κ1) is 22.6. The molecule has 0 bridgehead atoms. The fourth-order valence-electron chi connectivity index (χ4n) is 3.41. The maximum Gasteiger partial charge on any atom is 0.231 e. The second kappa shape index (κ2) is 11.3. The molecule has 0 aliphatic carbocycles. The third-order valence-corrected chi connectivity index (χ3v) is 4.84. The molecule has 1 aromatic carbocycles. The van der Waals surface area contributed by atoms with Crippen molar-refractivity contribution in [2.75, 3.05) is 33.0 Å². The Balaban J connectivity index is 0.00000280. The second-order valence-electron chi connectivity index (χ2n) is 7.15. The minimum Gasteiger partial charge on any atom is -0.454 e. The molecule has 0 radical (unpaired) electrons. The van der Waals surface area contributed by atoms with Gasteiger partial charge in [-0.3, -0.25) is 4.79 Å². The number of carbonyl (C=O) groups is 1. The molecule has 0 aromatic heterocycles. The van der Waals surface area contributed by atoms with E-state index in [1.54, 1.807) is 0 Å². The third-order valence-electron chi connectivity index (χ3n) is 4.84. The van der Waals surface area contributed by atoms with E-state index in [2.05, 4.69) is 22.5 Å². The van der Waals surface area contributed by atoms with Crippen LogP contribution in [-0.4, -0.2) is 49.7 Å². The predicted molar refractivity (Wildman–Crippen MR) is 120 cm³/mol. The molecule has 2 N–H and O–H groups in total. The Morgan fingerprint density at radius 2 is 2.11 bits per heavy atom. The summed E-state index contributed by atoms with van der Waals surface area (Å²) in [6, 6.07) is 5.85. The van der Waals surface area contributed by atoms with Gasteiger partial charge in [-0.2, -0.15) is 0 Å². The molecule has 8 heteroatoms. The van der Waals surface area contributed by atoms with Gasteiger partial charge in [-0.05, 0) is 43.4 Å². The fraction of sp³-hybridized carbons (Fsp3) is 0.600. The van der Waals surface area contributed by atoms with Crippen molar-refractivity contribution < 1.29 is 14.3 Å². The molecule has 1 aromatic rings. The fourth-order valence-corrected chi connectivity index (χ4v) is 3.41. The number of ether oxygens (including phenoxy) is 2. The number of amides is 1. The van der Waals surface area contributed by atoms with Crippen molar-refractivity contribution in [3.05, 3.63) is 23.8 Å². The minimum absolute atomic E-state index is 0. The molecular weight excluding hydrogens is 471 g/mol. The molecule has 2 heterocycles. The average molecular weight is 502 g/mol. The molecule has 3 rings (SSSR count). The number of carbonyl (C=O) groups excluding carboxylic acids is 1. The molecule has 1 unspecified atom stereocenters. The third kappa shape index (κ3) is 6.42. The van der Waals surface area contributed by atoms with E-state index in [4.69, 9.17) is 9.47 Å². The summed E-state index contributed by atoms with van der Waals surface area (Å²) in [6.45, 7) is 8.17. The van der Waals surface area contributed by atoms with Crippen LogP contribution in [0.4, 0.5) is 0 Å². The van der Waals surface area contributed by atoms with E-state index in [0.29, 0.717) is 25.4 Å². The number of nitrogens with one attached hydrogen (secondary N) is 2. The Kier molecular flexibility index (Phi) is 9.14. The van der Waals surface area contributed by atoms with Gasteiger partial charge >= 0.3 is 0 Å². The van der Waals surface area contributed by atoms with Crippen molar-refractivity contribution in [1.29, 1.82) is 0 Å². The quantitative estimate of drug-likeness (QED) is 0.356. The normalized spacial score (nSPS) is 18.4. The van der Waals surface area contributed by atoms with Crippen LogP contribution in [0.25, 0.3) is 0 Å². The lowest BCUT2D eigenvalue weighted by Gasteiger charge is -2.31. The van der Waals surface area contributed by atoms with Gasteiger partial charge in [-0.25, -0.2) is 4.99 Å². The molecule has 1 fully saturated rings. The highest BCUT2D eigenvalue weighted by molar-refractivity contribution is 14.0. The highest BCUT2D eigenvalue weighted by atomic mass is 127. The lowest BCUT2D eigenvalue weighted by Crippen LogP contribution is -2.42. The van der Waals surface area contributed by atoms with Crippen molar-refractivity contribution in [1.82, 2.24) is 15.5 Å². The summed E-state index contributed by atoms with van der Waals surface area (Å²) < 4.78 is 10.7. The Morgan fingerprint density at radius 3 is 2.89 bits per heavy atom. The van der Waals surface area contributed by atoms with Gasteiger partial charge in [0.15, 0.2) is 17.5 Å². The highest BCUT2D eigenvalue weighted by Gasteiger charge is 2.20. The summed E-state index contributed by atoms with van der Waals surface area (Å²) >= 11 is 0. The molecule has 1 amide bonds. The number of hydrogen-bond acceptors (Lipinski definition) is 4. The van der Waals surface area contributed by atoms with Crippen molar-refractivity contribution >= 4 is 35.8 Å². The van der Waals surface area contributed by atoms with Gasteiger partial charge in [-0.1, -0.05) is 13.0 Å². The van der Waals surface area contributed by atoms with Gasteiger partial charge in [0.2, 0.25) is 12.7 Å². The van der Waals surface area contributed by atoms with E-state index in [-0.39, 0.29) is 36.7 Å². The summed E-state index contributed by atoms with van der Waals surface area (Å²) in [7, 11) is 0. The van der Waals surface area contributed by atoms with Gasteiger partial charge < -0.3 is 25.0 Å². The van der Waals surface area contributed by atoms with Crippen LogP contribution in [0.5, 0.6) is 11.5 Å². The van der Waals surface area contributed by atoms with Gasteiger partial charge in [0, 0.05) is 32.6 Å². The van der Waals surface area contributed by atoms with Crippen LogP contribution in [0, 0.1) is 5.92 Å². The molecule has 2 aliphatic rings. The second-order valence-corrected chi connectivity index (χ2v) is 7.15. The maximum absolute atomic E-state index is 12.4. The monoisotopic (exact) mass is 502 g/mol. The summed E-state index contributed by atoms with van der Waals surface area (Å²) in [5.41, 5.74) is 1.05. The SMILES string of the molecule is CCNC(=NCc1ccc2c(c1)OCO2)NCCC(=O)N1CCCC(C)C1.I. The molecule has 28 heavy (non-hydrogen) atoms. The zero-order chi connectivity index (χ0) is 19.1. The van der Waals surface area contributed by atoms with Gasteiger partial charge in [0.1, 0.15) is 0 Å². The smallest absolute Gasteiger partial charge is 0.231 e. The summed E-state index contributed by atoms with van der Waals surface area (Å²) in [6.07, 6.45) is 2.82. The van der Waals surface area contributed by atoms with E-state index >= 15 is 0 Å². The summed E-state index contributed by atoms with van der Waals surface area (Å²) in [5.74, 6) is 3.09. The number of halogens is 1. The largest absolute Gasteiger partial charge is 0.454 e. The topological polar surface area (TPSA) is 75.2 Å². The van der Waals surface area contributed by atoms with Crippen molar-refractivity contribution in [3.8, 4) is 11.5 Å². The van der Waals surface area contributed by atoms with Crippen LogP contribution < -0.4 is 20.1 Å². The molecule has 2 aliphatic heterocycles. The Labute approximate surface area is 184 Å². The summed E-state index contributed by atoms with van der Waals surface area (Å²) in [5, 5.41) is 6.48. The molecule has 7 nitrogen and oxygen atoms in total. The number of rotatable bonds is 6. The average Bonchev–Trinajstić information content (AvgIpc) is 3.13. The molecule has 0 spiro atoms. The molecule has 1 saturated heterocycles. The van der Waals surface area contributed by atoms with Crippen LogP contribution in [0.15, 0.2) is 23.2 Å². The van der Waals surface area contributed by atoms with E-state index in [0.717, 1.165) is 49.1 Å². The first-order valence-electron chi connectivity index (χ1n) is 9.84. The number of likely N-dealkylation sites (tertiary alicyclic amines) is 1. The number of aliphatic imine (C=N–C) groups is 1. The maximum atomic E-state index is 12.4. The van der Waals surface area contributed by atoms with Crippen LogP contribution in [0.2, 0.25) is 0 Å². The van der Waals surface area contributed by atoms with Crippen molar-refractivity contribution in [3.63, 3.8) is 0 Å². The Hall–Kier alpha value is -1.71. The van der Waals surface area contributed by atoms with Crippen molar-refractivity contribution in [2.24, 2.45) is 10.9 Å². The number of hydrogen-bond donors (Lipinski definition) is 2. The van der Waals surface area contributed by atoms with Crippen LogP contribution in [0.1, 0.15) is 38.7 Å². The van der Waals surface area contributed by atoms with Crippen LogP contribution >= 0.6 is 24.0 Å². The number of guanidine groups is 1. The number of benzene rings is 1. The lowest BCUT2D eigenvalue weighted by molar-refractivity contribution is -0.132. The molecular formula is C20H31IN4O3. The molecule has 1 atom stereocenters. The predicted octanol–water partition coefficient (Wildman–Crippen LogP) is 2.74. The standard InChI is InChI=1S/C20H30N4O3.HI/c1-3-21-20(22-9-8-19(25)24-10-4-5-15(2)13-24)23-12-16-6-7-17-18(11-16)27-14-26-17;/h6-7,11,15H,3-5,8-10,12-14H2,1-2H3,(H2,21,22,23);1H. The Morgan fingerprint density at radius 1 is 1.29 bits per heavy atom. The zero-order valence-corrected chi connectivity index (χ0v) is 19.0. The van der Waals surface area contributed by atoms with Crippen LogP contribution in [0.3, 0.4) is 0 Å². The number of fused-ring (bicyclic) bond motifs is 1. The molecule has 156 valence electrons. The first-order chi connectivity index (χ1) is 13.2.